The van der Waals surface area contributed by atoms with Crippen LogP contribution in [-0.2, 0) is 18.4 Å². The monoisotopic (exact) mass is 569 g/mol. The fraction of sp³-hybridized carbons (Fsp3) is 0.400. The van der Waals surface area contributed by atoms with E-state index in [2.05, 4.69) is 0 Å². The van der Waals surface area contributed by atoms with Gasteiger partial charge in [-0.2, -0.15) is 0 Å². The molecule has 4 unspecified atom stereocenters. The number of hydrogen-bond acceptors (Lipinski definition) is 7. The molecule has 4 atom stereocenters. The molecule has 17 nitrogen and oxygen atoms in total. The van der Waals surface area contributed by atoms with Crippen molar-refractivity contribution in [2.75, 3.05) is 0 Å². The third-order valence-electron chi connectivity index (χ3n) is 3.90. The molecular formula is C15H26NO16P3. The summed E-state index contributed by atoms with van der Waals surface area (Å²) in [4.78, 5) is 77.2. The van der Waals surface area contributed by atoms with Gasteiger partial charge in [-0.1, -0.05) is 18.2 Å². The molecule has 1 aromatic heterocycles. The van der Waals surface area contributed by atoms with E-state index in [1.165, 1.54) is 4.57 Å². The van der Waals surface area contributed by atoms with Crippen molar-refractivity contribution in [3.8, 4) is 0 Å². The van der Waals surface area contributed by atoms with Crippen molar-refractivity contribution in [1.82, 2.24) is 4.57 Å². The van der Waals surface area contributed by atoms with Gasteiger partial charge in [-0.3, -0.25) is 9.36 Å². The molecule has 2 heterocycles. The molecule has 2 aromatic rings. The molecular weight excluding hydrogens is 543 g/mol. The number of aryl methyl sites for hydroxylation is 1. The van der Waals surface area contributed by atoms with Crippen LogP contribution in [0.3, 0.4) is 0 Å². The summed E-state index contributed by atoms with van der Waals surface area (Å²) in [5.74, 6) is 0. The summed E-state index contributed by atoms with van der Waals surface area (Å²) in [6, 6.07) is 7.32. The average Bonchev–Trinajstić information content (AvgIpc) is 2.88. The highest BCUT2D eigenvalue weighted by atomic mass is 31.2. The fourth-order valence-electron chi connectivity index (χ4n) is 2.74. The van der Waals surface area contributed by atoms with Crippen molar-refractivity contribution in [3.63, 3.8) is 0 Å². The van der Waals surface area contributed by atoms with Gasteiger partial charge in [-0.25, -0.2) is 13.7 Å². The minimum absolute atomic E-state index is 0.225. The molecule has 0 aliphatic carbocycles. The van der Waals surface area contributed by atoms with E-state index in [1.807, 2.05) is 19.1 Å². The fourth-order valence-corrected chi connectivity index (χ4v) is 2.74. The van der Waals surface area contributed by atoms with Crippen LogP contribution >= 0.6 is 23.5 Å². The first kappa shape index (κ1) is 33.6. The lowest BCUT2D eigenvalue weighted by molar-refractivity contribution is -0.0340. The Balaban J connectivity index is 0.000000635. The topological polar surface area (TPSA) is 305 Å². The minimum atomic E-state index is -4.64. The zero-order valence-corrected chi connectivity index (χ0v) is 20.6. The van der Waals surface area contributed by atoms with Crippen LogP contribution in [0.1, 0.15) is 18.7 Å². The Morgan fingerprint density at radius 2 is 1.14 bits per heavy atom. The summed E-state index contributed by atoms with van der Waals surface area (Å²) in [5, 5.41) is 21.3. The Hall–Kier alpha value is -1.36. The molecule has 1 saturated heterocycles. The van der Waals surface area contributed by atoms with Gasteiger partial charge in [0.05, 0.1) is 6.10 Å². The van der Waals surface area contributed by atoms with Crippen LogP contribution < -0.4 is 5.56 Å². The lowest BCUT2D eigenvalue weighted by Gasteiger charge is -2.19. The number of phosphoric acid groups is 3. The number of benzene rings is 1. The molecule has 0 saturated carbocycles. The number of aliphatic hydroxyl groups excluding tert-OH is 2. The molecule has 0 spiro atoms. The number of ether oxygens (including phenoxy) is 1. The Labute approximate surface area is 196 Å². The third kappa shape index (κ3) is 14.7. The van der Waals surface area contributed by atoms with Crippen LogP contribution in [-0.4, -0.2) is 77.1 Å². The van der Waals surface area contributed by atoms with E-state index < -0.39 is 48.0 Å². The summed E-state index contributed by atoms with van der Waals surface area (Å²) in [6.07, 6.45) is -1.78. The van der Waals surface area contributed by atoms with Crippen molar-refractivity contribution >= 4 is 34.2 Å². The van der Waals surface area contributed by atoms with Crippen molar-refractivity contribution in [2.24, 2.45) is 0 Å². The Kier molecular flexibility index (Phi) is 12.7. The summed E-state index contributed by atoms with van der Waals surface area (Å²) in [7, 11) is -13.9. The van der Waals surface area contributed by atoms with Crippen LogP contribution in [0.4, 0.5) is 0 Å². The zero-order valence-electron chi connectivity index (χ0n) is 17.9. The van der Waals surface area contributed by atoms with Gasteiger partial charge in [-0.05, 0) is 30.9 Å². The SMILES string of the molecule is Cc1cn(C2OC(C)C(O)C2O)c(=O)c2ccccc12.O=P(O)(O)O.O=P(O)(O)O.O=P(O)(O)O. The van der Waals surface area contributed by atoms with Gasteiger partial charge in [0, 0.05) is 11.6 Å². The number of pyridine rings is 1. The second kappa shape index (κ2) is 13.3. The molecule has 0 radical (unpaired) electrons. The van der Waals surface area contributed by atoms with Gasteiger partial charge in [-0.15, -0.1) is 0 Å². The lowest BCUT2D eigenvalue weighted by atomic mass is 10.1. The third-order valence-corrected chi connectivity index (χ3v) is 3.90. The first-order valence-corrected chi connectivity index (χ1v) is 13.7. The number of hydrogen-bond donors (Lipinski definition) is 11. The van der Waals surface area contributed by atoms with E-state index in [9.17, 15) is 15.0 Å². The molecule has 20 heteroatoms. The smallest absolute Gasteiger partial charge is 0.388 e. The predicted molar refractivity (Wildman–Crippen MR) is 117 cm³/mol. The van der Waals surface area contributed by atoms with Gasteiger partial charge in [0.2, 0.25) is 0 Å². The average molecular weight is 569 g/mol. The molecule has 202 valence electrons. The summed E-state index contributed by atoms with van der Waals surface area (Å²) in [6.45, 7) is 3.58. The van der Waals surface area contributed by atoms with E-state index in [-0.39, 0.29) is 5.56 Å². The predicted octanol–water partition coefficient (Wildman–Crippen LogP) is -1.84. The largest absolute Gasteiger partial charge is 0.466 e. The van der Waals surface area contributed by atoms with Crippen molar-refractivity contribution in [2.45, 2.75) is 38.4 Å². The molecule has 1 fully saturated rings. The molecule has 0 bridgehead atoms. The van der Waals surface area contributed by atoms with Crippen LogP contribution in [0.25, 0.3) is 10.8 Å². The molecule has 35 heavy (non-hydrogen) atoms. The second-order valence-electron chi connectivity index (χ2n) is 6.82. The maximum atomic E-state index is 12.5. The minimum Gasteiger partial charge on any atom is -0.388 e. The van der Waals surface area contributed by atoms with E-state index in [0.717, 1.165) is 10.9 Å². The first-order chi connectivity index (χ1) is 15.5. The van der Waals surface area contributed by atoms with Crippen LogP contribution in [0.2, 0.25) is 0 Å². The van der Waals surface area contributed by atoms with E-state index in [1.54, 1.807) is 25.3 Å². The van der Waals surface area contributed by atoms with Crippen molar-refractivity contribution < 1.29 is 72.7 Å². The lowest BCUT2D eigenvalue weighted by Crippen LogP contribution is -2.34. The van der Waals surface area contributed by atoms with Crippen LogP contribution in [0, 0.1) is 6.92 Å². The Morgan fingerprint density at radius 3 is 1.49 bits per heavy atom. The maximum absolute atomic E-state index is 12.5. The van der Waals surface area contributed by atoms with E-state index >= 15 is 0 Å². The maximum Gasteiger partial charge on any atom is 0.466 e. The van der Waals surface area contributed by atoms with Gasteiger partial charge in [0.15, 0.2) is 6.23 Å². The summed E-state index contributed by atoms with van der Waals surface area (Å²) in [5.41, 5.74) is 0.696. The molecule has 0 amide bonds. The van der Waals surface area contributed by atoms with Gasteiger partial charge in [0.25, 0.3) is 5.56 Å². The number of aromatic nitrogens is 1. The van der Waals surface area contributed by atoms with Gasteiger partial charge < -0.3 is 59.0 Å². The molecule has 1 aromatic carbocycles. The Bertz CT molecular complexity index is 1090. The molecule has 3 rings (SSSR count). The van der Waals surface area contributed by atoms with E-state index in [0.29, 0.717) is 5.39 Å². The number of aliphatic hydroxyl groups is 2. The summed E-state index contributed by atoms with van der Waals surface area (Å²) < 4.78 is 33.5. The standard InChI is InChI=1S/C15H17NO4.3H3O4P/c1-8-7-16(15-13(18)12(17)9(2)20-15)14(19)11-6-4-3-5-10(8)11;3*1-5(2,3)4/h3-7,9,12-13,15,17-18H,1-2H3;3*(H3,1,2,3,4). The van der Waals surface area contributed by atoms with Crippen molar-refractivity contribution in [1.29, 1.82) is 0 Å². The highest BCUT2D eigenvalue weighted by Gasteiger charge is 2.41. The first-order valence-electron chi connectivity index (χ1n) is 8.97. The van der Waals surface area contributed by atoms with Gasteiger partial charge >= 0.3 is 23.5 Å². The second-order valence-corrected chi connectivity index (χ2v) is 9.90. The van der Waals surface area contributed by atoms with E-state index in [4.69, 9.17) is 62.5 Å². The normalized spacial score (nSPS) is 22.2. The number of rotatable bonds is 1. The number of nitrogens with zero attached hydrogens (tertiary/aromatic N) is 1. The highest BCUT2D eigenvalue weighted by molar-refractivity contribution is 7.45. The van der Waals surface area contributed by atoms with Gasteiger partial charge in [0.1, 0.15) is 12.2 Å². The van der Waals surface area contributed by atoms with Crippen LogP contribution in [0.5, 0.6) is 0 Å². The Morgan fingerprint density at radius 1 is 0.771 bits per heavy atom. The summed E-state index contributed by atoms with van der Waals surface area (Å²) >= 11 is 0. The number of fused-ring (bicyclic) bond motifs is 1. The highest BCUT2D eigenvalue weighted by Crippen LogP contribution is 2.29. The van der Waals surface area contributed by atoms with Crippen LogP contribution in [0.15, 0.2) is 35.3 Å². The molecule has 11 N–H and O–H groups in total. The van der Waals surface area contributed by atoms with Crippen molar-refractivity contribution in [3.05, 3.63) is 46.4 Å². The zero-order chi connectivity index (χ0) is 27.9. The molecule has 1 aliphatic heterocycles. The quantitative estimate of drug-likeness (QED) is 0.168. The molecule has 1 aliphatic rings.